The molecule has 2 rings (SSSR count). The molecule has 1 aromatic carbocycles. The largest absolute Gasteiger partial charge is 0.334 e. The quantitative estimate of drug-likeness (QED) is 0.877. The van der Waals surface area contributed by atoms with E-state index < -0.39 is 5.54 Å². The number of nitrogens with one attached hydrogen (secondary N) is 2. The highest BCUT2D eigenvalue weighted by atomic mass is 16.2. The fourth-order valence-electron chi connectivity index (χ4n) is 2.20. The van der Waals surface area contributed by atoms with E-state index in [0.29, 0.717) is 36.4 Å². The summed E-state index contributed by atoms with van der Waals surface area (Å²) < 4.78 is 0. The molecule has 5 nitrogen and oxygen atoms in total. The summed E-state index contributed by atoms with van der Waals surface area (Å²) in [6.45, 7) is 5.82. The molecule has 116 valence electrons. The van der Waals surface area contributed by atoms with Crippen LogP contribution in [0.15, 0.2) is 18.2 Å². The second-order valence-corrected chi connectivity index (χ2v) is 6.32. The molecule has 0 aliphatic heterocycles. The summed E-state index contributed by atoms with van der Waals surface area (Å²) in [6.07, 6.45) is 1.88. The third kappa shape index (κ3) is 3.85. The molecule has 2 N–H and O–H groups in total. The Hall–Kier alpha value is -2.35. The van der Waals surface area contributed by atoms with Gasteiger partial charge in [0.15, 0.2) is 0 Å². The lowest BCUT2D eigenvalue weighted by Crippen LogP contribution is -2.35. The lowest BCUT2D eigenvalue weighted by molar-refractivity contribution is -0.116. The van der Waals surface area contributed by atoms with Crippen LogP contribution in [0, 0.1) is 24.2 Å². The maximum absolute atomic E-state index is 12.1. The van der Waals surface area contributed by atoms with Gasteiger partial charge >= 0.3 is 0 Å². The Bertz CT molecular complexity index is 640. The number of aryl methyl sites for hydroxylation is 1. The molecular weight excluding hydrogens is 278 g/mol. The van der Waals surface area contributed by atoms with Crippen molar-refractivity contribution in [1.82, 2.24) is 5.32 Å². The normalized spacial score (nSPS) is 15.0. The number of rotatable bonds is 5. The van der Waals surface area contributed by atoms with Crippen molar-refractivity contribution in [2.75, 3.05) is 5.32 Å². The van der Waals surface area contributed by atoms with E-state index in [4.69, 9.17) is 5.26 Å². The summed E-state index contributed by atoms with van der Waals surface area (Å²) in [6, 6.07) is 7.26. The van der Waals surface area contributed by atoms with Crippen molar-refractivity contribution in [2.45, 2.75) is 45.6 Å². The minimum atomic E-state index is -0.671. The van der Waals surface area contributed by atoms with E-state index in [1.165, 1.54) is 0 Å². The summed E-state index contributed by atoms with van der Waals surface area (Å²) in [5.74, 6) is 0.0185. The molecule has 5 heteroatoms. The van der Waals surface area contributed by atoms with Crippen molar-refractivity contribution in [3.05, 3.63) is 29.3 Å². The van der Waals surface area contributed by atoms with E-state index in [-0.39, 0.29) is 11.8 Å². The van der Waals surface area contributed by atoms with Crippen LogP contribution in [0.3, 0.4) is 0 Å². The van der Waals surface area contributed by atoms with Crippen molar-refractivity contribution in [3.8, 4) is 6.07 Å². The SMILES string of the molecule is Cc1cc(C(=O)NC2(C#N)CC2)ccc1NC(=O)CC(C)C. The minimum Gasteiger partial charge on any atom is -0.334 e. The van der Waals surface area contributed by atoms with Gasteiger partial charge in [0.2, 0.25) is 5.91 Å². The van der Waals surface area contributed by atoms with Crippen LogP contribution in [0.2, 0.25) is 0 Å². The molecule has 0 unspecified atom stereocenters. The highest BCUT2D eigenvalue weighted by Crippen LogP contribution is 2.34. The average molecular weight is 299 g/mol. The molecule has 0 spiro atoms. The van der Waals surface area contributed by atoms with Gasteiger partial charge in [-0.1, -0.05) is 13.8 Å². The first-order chi connectivity index (χ1) is 10.3. The Labute approximate surface area is 130 Å². The molecule has 0 heterocycles. The van der Waals surface area contributed by atoms with Gasteiger partial charge in [-0.15, -0.1) is 0 Å². The van der Waals surface area contributed by atoms with Crippen LogP contribution in [0.4, 0.5) is 5.69 Å². The van der Waals surface area contributed by atoms with Crippen LogP contribution in [0.5, 0.6) is 0 Å². The summed E-state index contributed by atoms with van der Waals surface area (Å²) in [7, 11) is 0. The number of carbonyl (C=O) groups is 2. The number of hydrogen-bond acceptors (Lipinski definition) is 3. The molecule has 0 aromatic heterocycles. The smallest absolute Gasteiger partial charge is 0.252 e. The molecule has 0 radical (unpaired) electrons. The fraction of sp³-hybridized carbons (Fsp3) is 0.471. The van der Waals surface area contributed by atoms with Gasteiger partial charge in [-0.2, -0.15) is 5.26 Å². The monoisotopic (exact) mass is 299 g/mol. The molecule has 1 fully saturated rings. The number of benzene rings is 1. The minimum absolute atomic E-state index is 0.0308. The van der Waals surface area contributed by atoms with E-state index in [9.17, 15) is 9.59 Å². The van der Waals surface area contributed by atoms with Crippen molar-refractivity contribution < 1.29 is 9.59 Å². The van der Waals surface area contributed by atoms with Crippen LogP contribution in [0.1, 0.15) is 49.0 Å². The van der Waals surface area contributed by atoms with Crippen molar-refractivity contribution in [1.29, 1.82) is 5.26 Å². The first-order valence-corrected chi connectivity index (χ1v) is 7.49. The van der Waals surface area contributed by atoms with E-state index in [1.807, 2.05) is 20.8 Å². The van der Waals surface area contributed by atoms with Crippen molar-refractivity contribution in [2.24, 2.45) is 5.92 Å². The Kier molecular flexibility index (Phi) is 4.51. The van der Waals surface area contributed by atoms with Crippen molar-refractivity contribution in [3.63, 3.8) is 0 Å². The second-order valence-electron chi connectivity index (χ2n) is 6.32. The second kappa shape index (κ2) is 6.18. The molecular formula is C17H21N3O2. The van der Waals surface area contributed by atoms with Crippen molar-refractivity contribution >= 4 is 17.5 Å². The van der Waals surface area contributed by atoms with Gasteiger partial charge in [0, 0.05) is 17.7 Å². The highest BCUT2D eigenvalue weighted by Gasteiger charge is 2.44. The number of nitrogens with zero attached hydrogens (tertiary/aromatic N) is 1. The van der Waals surface area contributed by atoms with Gasteiger partial charge in [0.1, 0.15) is 5.54 Å². The molecule has 1 aliphatic rings. The standard InChI is InChI=1S/C17H21N3O2/c1-11(2)8-15(21)19-14-5-4-13(9-12(14)3)16(22)20-17(10-18)6-7-17/h4-5,9,11H,6-8H2,1-3H3,(H,19,21)(H,20,22). The van der Waals surface area contributed by atoms with Crippen LogP contribution in [0.25, 0.3) is 0 Å². The molecule has 1 saturated carbocycles. The molecule has 1 aliphatic carbocycles. The Balaban J connectivity index is 2.05. The number of amides is 2. The van der Waals surface area contributed by atoms with E-state index in [2.05, 4.69) is 16.7 Å². The molecule has 0 bridgehead atoms. The number of carbonyl (C=O) groups excluding carboxylic acids is 2. The maximum atomic E-state index is 12.1. The summed E-state index contributed by atoms with van der Waals surface area (Å²) in [4.78, 5) is 23.9. The van der Waals surface area contributed by atoms with Crippen LogP contribution in [-0.4, -0.2) is 17.4 Å². The summed E-state index contributed by atoms with van der Waals surface area (Å²) >= 11 is 0. The first kappa shape index (κ1) is 16.0. The number of hydrogen-bond donors (Lipinski definition) is 2. The van der Waals surface area contributed by atoms with E-state index in [0.717, 1.165) is 5.56 Å². The first-order valence-electron chi connectivity index (χ1n) is 7.49. The predicted molar refractivity (Wildman–Crippen MR) is 84.3 cm³/mol. The Morgan fingerprint density at radius 1 is 1.36 bits per heavy atom. The van der Waals surface area contributed by atoms with Crippen LogP contribution < -0.4 is 10.6 Å². The summed E-state index contributed by atoms with van der Waals surface area (Å²) in [5.41, 5.74) is 1.37. The maximum Gasteiger partial charge on any atom is 0.252 e. The lowest BCUT2D eigenvalue weighted by atomic mass is 10.1. The summed E-state index contributed by atoms with van der Waals surface area (Å²) in [5, 5.41) is 14.6. The molecule has 22 heavy (non-hydrogen) atoms. The van der Waals surface area contributed by atoms with Gasteiger partial charge in [-0.05, 0) is 49.4 Å². The third-order valence-corrected chi connectivity index (χ3v) is 3.67. The Morgan fingerprint density at radius 2 is 2.05 bits per heavy atom. The average Bonchev–Trinajstić information content (AvgIpc) is 3.20. The van der Waals surface area contributed by atoms with Gasteiger partial charge in [0.25, 0.3) is 5.91 Å². The van der Waals surface area contributed by atoms with Gasteiger partial charge in [0.05, 0.1) is 6.07 Å². The Morgan fingerprint density at radius 3 is 2.55 bits per heavy atom. The lowest BCUT2D eigenvalue weighted by Gasteiger charge is -2.13. The molecule has 2 amide bonds. The topological polar surface area (TPSA) is 82.0 Å². The van der Waals surface area contributed by atoms with E-state index >= 15 is 0 Å². The zero-order valence-corrected chi connectivity index (χ0v) is 13.2. The molecule has 0 saturated heterocycles. The van der Waals surface area contributed by atoms with Gasteiger partial charge in [-0.3, -0.25) is 9.59 Å². The van der Waals surface area contributed by atoms with Crippen LogP contribution in [-0.2, 0) is 4.79 Å². The van der Waals surface area contributed by atoms with E-state index in [1.54, 1.807) is 18.2 Å². The fourth-order valence-corrected chi connectivity index (χ4v) is 2.20. The van der Waals surface area contributed by atoms with Gasteiger partial charge < -0.3 is 10.6 Å². The predicted octanol–water partition coefficient (Wildman–Crippen LogP) is 2.77. The molecule has 0 atom stereocenters. The van der Waals surface area contributed by atoms with Gasteiger partial charge in [-0.25, -0.2) is 0 Å². The highest BCUT2D eigenvalue weighted by molar-refractivity contribution is 5.97. The number of anilines is 1. The van der Waals surface area contributed by atoms with Crippen LogP contribution >= 0.6 is 0 Å². The zero-order valence-electron chi connectivity index (χ0n) is 13.2. The third-order valence-electron chi connectivity index (χ3n) is 3.67. The molecule has 1 aromatic rings. The zero-order chi connectivity index (χ0) is 16.3. The number of nitriles is 1.